The Hall–Kier alpha value is -0.110. The van der Waals surface area contributed by atoms with E-state index in [4.69, 9.17) is 5.73 Å². The van der Waals surface area contributed by atoms with Gasteiger partial charge in [0.1, 0.15) is 6.17 Å². The zero-order chi connectivity index (χ0) is 9.19. The van der Waals surface area contributed by atoms with Crippen molar-refractivity contribution in [2.75, 3.05) is 0 Å². The summed E-state index contributed by atoms with van der Waals surface area (Å²) in [7, 11) is 0. The fourth-order valence-electron chi connectivity index (χ4n) is 1.99. The van der Waals surface area contributed by atoms with Crippen LogP contribution in [0.2, 0.25) is 0 Å². The number of rotatable bonds is 3. The molecule has 1 rings (SSSR count). The molecule has 1 unspecified atom stereocenters. The fourth-order valence-corrected chi connectivity index (χ4v) is 1.99. The first-order chi connectivity index (χ1) is 5.49. The van der Waals surface area contributed by atoms with Gasteiger partial charge in [0.15, 0.2) is 0 Å². The van der Waals surface area contributed by atoms with Crippen LogP contribution in [0.15, 0.2) is 0 Å². The summed E-state index contributed by atoms with van der Waals surface area (Å²) in [5.41, 5.74) is 5.42. The maximum Gasteiger partial charge on any atom is 0.105 e. The van der Waals surface area contributed by atoms with Crippen molar-refractivity contribution in [1.29, 1.82) is 0 Å². The van der Waals surface area contributed by atoms with Crippen LogP contribution < -0.4 is 5.73 Å². The largest absolute Gasteiger partial charge is 0.325 e. The minimum absolute atomic E-state index is 0.299. The third kappa shape index (κ3) is 3.10. The molecule has 1 saturated carbocycles. The smallest absolute Gasteiger partial charge is 0.105 e. The normalized spacial score (nSPS) is 23.0. The summed E-state index contributed by atoms with van der Waals surface area (Å²) in [5, 5.41) is 0. The molecule has 1 atom stereocenters. The highest BCUT2D eigenvalue weighted by Gasteiger charge is 2.28. The van der Waals surface area contributed by atoms with Gasteiger partial charge in [0.2, 0.25) is 0 Å². The Balaban J connectivity index is 2.31. The van der Waals surface area contributed by atoms with Gasteiger partial charge >= 0.3 is 0 Å². The molecule has 0 saturated heterocycles. The molecule has 72 valence electrons. The van der Waals surface area contributed by atoms with Gasteiger partial charge in [-0.2, -0.15) is 0 Å². The lowest BCUT2D eigenvalue weighted by atomic mass is 9.90. The summed E-state index contributed by atoms with van der Waals surface area (Å²) in [6.07, 6.45) is 4.38. The highest BCUT2D eigenvalue weighted by Crippen LogP contribution is 2.32. The molecule has 0 bridgehead atoms. The molecule has 1 fully saturated rings. The molecule has 1 aliphatic rings. The molecule has 0 aromatic rings. The molecule has 1 aliphatic carbocycles. The van der Waals surface area contributed by atoms with Crippen molar-refractivity contribution in [3.05, 3.63) is 0 Å². The van der Waals surface area contributed by atoms with E-state index in [0.29, 0.717) is 12.3 Å². The Morgan fingerprint density at radius 2 is 1.92 bits per heavy atom. The summed E-state index contributed by atoms with van der Waals surface area (Å²) in [6.45, 7) is 3.79. The Bertz CT molecular complexity index is 133. The second-order valence-electron chi connectivity index (χ2n) is 4.75. The van der Waals surface area contributed by atoms with Crippen LogP contribution in [0, 0.1) is 5.92 Å². The fraction of sp³-hybridized carbons (Fsp3) is 1.00. The summed E-state index contributed by atoms with van der Waals surface area (Å²) in [6, 6.07) is 0. The first kappa shape index (κ1) is 9.97. The molecule has 12 heavy (non-hydrogen) atoms. The summed E-state index contributed by atoms with van der Waals surface area (Å²) in [4.78, 5) is 0. The van der Waals surface area contributed by atoms with Crippen molar-refractivity contribution in [2.24, 2.45) is 11.7 Å². The second kappa shape index (κ2) is 3.73. The van der Waals surface area contributed by atoms with Gasteiger partial charge in [-0.25, -0.2) is 4.39 Å². The van der Waals surface area contributed by atoms with E-state index in [9.17, 15) is 4.39 Å². The molecule has 0 aromatic carbocycles. The molecule has 2 heteroatoms. The highest BCUT2D eigenvalue weighted by atomic mass is 19.1. The zero-order valence-electron chi connectivity index (χ0n) is 8.15. The topological polar surface area (TPSA) is 26.0 Å². The lowest BCUT2D eigenvalue weighted by molar-refractivity contribution is 0.185. The van der Waals surface area contributed by atoms with Gasteiger partial charge in [-0.15, -0.1) is 0 Å². The minimum Gasteiger partial charge on any atom is -0.325 e. The molecule has 0 amide bonds. The van der Waals surface area contributed by atoms with E-state index in [1.165, 1.54) is 12.8 Å². The van der Waals surface area contributed by atoms with E-state index >= 15 is 0 Å². The molecule has 0 aliphatic heterocycles. The van der Waals surface area contributed by atoms with Gasteiger partial charge in [0.25, 0.3) is 0 Å². The minimum atomic E-state index is -0.674. The lowest BCUT2D eigenvalue weighted by Gasteiger charge is -2.24. The predicted octanol–water partition coefficient (Wildman–Crippen LogP) is 2.64. The Morgan fingerprint density at radius 1 is 1.42 bits per heavy atom. The monoisotopic (exact) mass is 173 g/mol. The third-order valence-corrected chi connectivity index (χ3v) is 2.63. The number of alkyl halides is 1. The molecule has 2 N–H and O–H groups in total. The summed E-state index contributed by atoms with van der Waals surface area (Å²) >= 11 is 0. The number of hydrogen-bond acceptors (Lipinski definition) is 1. The van der Waals surface area contributed by atoms with Gasteiger partial charge < -0.3 is 5.73 Å². The highest BCUT2D eigenvalue weighted by molar-refractivity contribution is 4.82. The van der Waals surface area contributed by atoms with E-state index in [2.05, 4.69) is 0 Å². The van der Waals surface area contributed by atoms with Crippen LogP contribution in [0.25, 0.3) is 0 Å². The number of nitrogens with two attached hydrogens (primary N) is 1. The molecular formula is C10H20FN. The Labute approximate surface area is 74.5 Å². The van der Waals surface area contributed by atoms with Crippen molar-refractivity contribution < 1.29 is 4.39 Å². The number of hydrogen-bond donors (Lipinski definition) is 1. The van der Waals surface area contributed by atoms with Gasteiger partial charge in [-0.05, 0) is 39.0 Å². The molecule has 0 radical (unpaired) electrons. The lowest BCUT2D eigenvalue weighted by Crippen LogP contribution is -2.36. The van der Waals surface area contributed by atoms with Crippen LogP contribution in [0.4, 0.5) is 4.39 Å². The van der Waals surface area contributed by atoms with Gasteiger partial charge in [-0.1, -0.05) is 12.8 Å². The van der Waals surface area contributed by atoms with Crippen LogP contribution in [0.5, 0.6) is 0 Å². The maximum absolute atomic E-state index is 13.5. The Kier molecular flexibility index (Phi) is 3.10. The van der Waals surface area contributed by atoms with Crippen LogP contribution in [0.3, 0.4) is 0 Å². The van der Waals surface area contributed by atoms with Crippen molar-refractivity contribution in [1.82, 2.24) is 0 Å². The van der Waals surface area contributed by atoms with Crippen molar-refractivity contribution in [2.45, 2.75) is 57.7 Å². The molecule has 0 aromatic heterocycles. The zero-order valence-corrected chi connectivity index (χ0v) is 8.15. The second-order valence-corrected chi connectivity index (χ2v) is 4.75. The van der Waals surface area contributed by atoms with Crippen molar-refractivity contribution in [3.8, 4) is 0 Å². The Morgan fingerprint density at radius 3 is 2.33 bits per heavy atom. The predicted molar refractivity (Wildman–Crippen MR) is 49.7 cm³/mol. The van der Waals surface area contributed by atoms with Crippen LogP contribution in [-0.4, -0.2) is 11.7 Å². The van der Waals surface area contributed by atoms with Crippen molar-refractivity contribution in [3.63, 3.8) is 0 Å². The quantitative estimate of drug-likeness (QED) is 0.697. The van der Waals surface area contributed by atoms with Crippen molar-refractivity contribution >= 4 is 0 Å². The van der Waals surface area contributed by atoms with E-state index < -0.39 is 6.17 Å². The van der Waals surface area contributed by atoms with E-state index in [-0.39, 0.29) is 5.54 Å². The van der Waals surface area contributed by atoms with Gasteiger partial charge in [0.05, 0.1) is 0 Å². The molecule has 0 heterocycles. The maximum atomic E-state index is 13.5. The van der Waals surface area contributed by atoms with Crippen LogP contribution in [0.1, 0.15) is 46.0 Å². The third-order valence-electron chi connectivity index (χ3n) is 2.63. The molecule has 1 nitrogen and oxygen atoms in total. The van der Waals surface area contributed by atoms with E-state index in [1.54, 1.807) is 0 Å². The first-order valence-corrected chi connectivity index (χ1v) is 4.92. The first-order valence-electron chi connectivity index (χ1n) is 4.92. The summed E-state index contributed by atoms with van der Waals surface area (Å²) in [5.74, 6) is 0.299. The SMILES string of the molecule is CC(C)(N)CC(F)C1CCCC1. The van der Waals surface area contributed by atoms with E-state index in [0.717, 1.165) is 12.8 Å². The average Bonchev–Trinajstić information content (AvgIpc) is 2.32. The van der Waals surface area contributed by atoms with Gasteiger partial charge in [-0.3, -0.25) is 0 Å². The molecule has 0 spiro atoms. The summed E-state index contributed by atoms with van der Waals surface area (Å²) < 4.78 is 13.5. The van der Waals surface area contributed by atoms with Crippen LogP contribution >= 0.6 is 0 Å². The van der Waals surface area contributed by atoms with E-state index in [1.807, 2.05) is 13.8 Å². The van der Waals surface area contributed by atoms with Gasteiger partial charge in [0, 0.05) is 5.54 Å². The standard InChI is InChI=1S/C10H20FN/c1-10(2,12)7-9(11)8-5-3-4-6-8/h8-9H,3-7,12H2,1-2H3. The average molecular weight is 173 g/mol. The number of halogens is 1. The van der Waals surface area contributed by atoms with Crippen LogP contribution in [-0.2, 0) is 0 Å². The molecular weight excluding hydrogens is 153 g/mol.